The molecule has 0 saturated carbocycles. The van der Waals surface area contributed by atoms with Crippen LogP contribution in [0.1, 0.15) is 0 Å². The van der Waals surface area contributed by atoms with Gasteiger partial charge in [-0.05, 0) is 0 Å². The molecule has 0 saturated heterocycles. The fourth-order valence-corrected chi connectivity index (χ4v) is 0. The molecule has 0 rings (SSSR count). The van der Waals surface area contributed by atoms with Crippen LogP contribution in [0, 0.1) is 0 Å². The van der Waals surface area contributed by atoms with E-state index in [-0.39, 0.29) is 47.8 Å². The molecule has 2 nitrogen and oxygen atoms in total. The van der Waals surface area contributed by atoms with E-state index in [0.717, 1.165) is 0 Å². The maximum Gasteiger partial charge on any atom is 0.0854 e. The molecule has 4 heavy (non-hydrogen) atoms. The number of hydrogen-bond donors (Lipinski definition) is 0. The first kappa shape index (κ1) is 72.9. The minimum absolute atomic E-state index is 0. The van der Waals surface area contributed by atoms with E-state index in [9.17, 15) is 0 Å². The van der Waals surface area contributed by atoms with Gasteiger partial charge in [-0.1, -0.05) is 0 Å². The van der Waals surface area contributed by atoms with Gasteiger partial charge in [0.25, 0.3) is 0 Å². The molecule has 0 unspecified atom stereocenters. The van der Waals surface area contributed by atoms with Crippen molar-refractivity contribution in [3.8, 4) is 0 Å². The second-order valence-corrected chi connectivity index (χ2v) is 0. The minimum Gasteiger partial charge on any atom is -0.412 e. The van der Waals surface area contributed by atoms with Crippen molar-refractivity contribution in [2.75, 3.05) is 0 Å². The van der Waals surface area contributed by atoms with Gasteiger partial charge in [0.1, 0.15) is 0 Å². The van der Waals surface area contributed by atoms with Crippen molar-refractivity contribution in [1.82, 2.24) is 0 Å². The molecule has 4 N–H and O–H groups in total. The molecule has 0 spiro atoms. The van der Waals surface area contributed by atoms with Crippen molar-refractivity contribution in [2.24, 2.45) is 0 Å². The second kappa shape index (κ2) is 33.3. The zero-order valence-corrected chi connectivity index (χ0v) is 6.80. The molecule has 0 bridgehead atoms. The summed E-state index contributed by atoms with van der Waals surface area (Å²) in [5.74, 6) is 0. The van der Waals surface area contributed by atoms with Crippen LogP contribution in [0.3, 0.4) is 0 Å². The van der Waals surface area contributed by atoms with Crippen molar-refractivity contribution < 1.29 is 30.4 Å². The Morgan fingerprint density at radius 3 is 0.750 bits per heavy atom. The first-order valence-corrected chi connectivity index (χ1v) is 0. The van der Waals surface area contributed by atoms with Gasteiger partial charge in [0.15, 0.2) is 0 Å². The molecule has 0 aliphatic heterocycles. The smallest absolute Gasteiger partial charge is 0.0854 e. The Morgan fingerprint density at radius 2 is 0.750 bits per heavy atom. The third kappa shape index (κ3) is 11.5. The zero-order valence-electron chi connectivity index (χ0n) is 2.41. The summed E-state index contributed by atoms with van der Waals surface area (Å²) in [4.78, 5) is 0. The van der Waals surface area contributed by atoms with Gasteiger partial charge >= 0.3 is 0 Å². The molecular formula is H5AlO2Zn. The zero-order chi connectivity index (χ0) is 0. The van der Waals surface area contributed by atoms with Crippen LogP contribution in [-0.2, 0) is 19.5 Å². The van der Waals surface area contributed by atoms with Crippen molar-refractivity contribution in [2.45, 2.75) is 0 Å². The Labute approximate surface area is 48.1 Å². The molecule has 0 atom stereocenters. The van der Waals surface area contributed by atoms with Crippen LogP contribution in [0.25, 0.3) is 0 Å². The van der Waals surface area contributed by atoms with E-state index in [1.165, 1.54) is 0 Å². The maximum absolute atomic E-state index is 0. The van der Waals surface area contributed by atoms with Gasteiger partial charge in [0, 0.05) is 19.5 Å². The van der Waals surface area contributed by atoms with E-state index in [1.807, 2.05) is 0 Å². The normalized spacial score (nSPS) is 0. The molecule has 0 heterocycles. The molecule has 2 radical (unpaired) electrons. The van der Waals surface area contributed by atoms with Crippen molar-refractivity contribution in [3.63, 3.8) is 0 Å². The summed E-state index contributed by atoms with van der Waals surface area (Å²) >= 11 is 0. The summed E-state index contributed by atoms with van der Waals surface area (Å²) < 4.78 is 0. The molecular weight excluding hydrogens is 124 g/mol. The SMILES string of the molecule is O.O.[AlH].[Zn]. The van der Waals surface area contributed by atoms with Gasteiger partial charge in [-0.25, -0.2) is 0 Å². The predicted molar refractivity (Wildman–Crippen MR) is 14.4 cm³/mol. The van der Waals surface area contributed by atoms with Gasteiger partial charge in [0.2, 0.25) is 0 Å². The second-order valence-electron chi connectivity index (χ2n) is 0. The molecule has 4 heteroatoms. The van der Waals surface area contributed by atoms with Gasteiger partial charge in [0.05, 0.1) is 17.4 Å². The molecule has 0 amide bonds. The molecule has 0 aliphatic rings. The Kier molecular flexibility index (Phi) is 607. The average molecular weight is 129 g/mol. The summed E-state index contributed by atoms with van der Waals surface area (Å²) in [6.45, 7) is 0. The molecule has 22 valence electrons. The maximum atomic E-state index is 0. The van der Waals surface area contributed by atoms with Crippen molar-refractivity contribution in [3.05, 3.63) is 0 Å². The molecule has 0 fully saturated rings. The first-order chi connectivity index (χ1) is 0. The largest absolute Gasteiger partial charge is 0.412 e. The van der Waals surface area contributed by atoms with Crippen molar-refractivity contribution >= 4 is 17.4 Å². The summed E-state index contributed by atoms with van der Waals surface area (Å²) in [6.07, 6.45) is 0. The summed E-state index contributed by atoms with van der Waals surface area (Å²) in [6, 6.07) is 0. The predicted octanol–water partition coefficient (Wildman–Crippen LogP) is -2.30. The van der Waals surface area contributed by atoms with Gasteiger partial charge in [-0.2, -0.15) is 0 Å². The van der Waals surface area contributed by atoms with Crippen LogP contribution in [0.2, 0.25) is 0 Å². The summed E-state index contributed by atoms with van der Waals surface area (Å²) in [5, 5.41) is 0. The quantitative estimate of drug-likeness (QED) is 0.330. The van der Waals surface area contributed by atoms with E-state index < -0.39 is 0 Å². The Balaban J connectivity index is 0. The monoisotopic (exact) mass is 128 g/mol. The minimum atomic E-state index is 0. The Bertz CT molecular complexity index is 6.00. The Hall–Kier alpha value is 1.08. The molecule has 0 aromatic rings. The Morgan fingerprint density at radius 1 is 0.750 bits per heavy atom. The standard InChI is InChI=1S/Al.2H2O.Zn.H/h;2*1H2;;. The topological polar surface area (TPSA) is 63.0 Å². The van der Waals surface area contributed by atoms with Crippen LogP contribution in [0.4, 0.5) is 0 Å². The molecule has 0 aromatic carbocycles. The van der Waals surface area contributed by atoms with E-state index >= 15 is 0 Å². The molecule has 0 aromatic heterocycles. The van der Waals surface area contributed by atoms with Gasteiger partial charge < -0.3 is 11.0 Å². The van der Waals surface area contributed by atoms with Crippen LogP contribution >= 0.6 is 0 Å². The fourth-order valence-electron chi connectivity index (χ4n) is 0. The number of rotatable bonds is 0. The van der Waals surface area contributed by atoms with E-state index in [4.69, 9.17) is 0 Å². The van der Waals surface area contributed by atoms with Gasteiger partial charge in [-0.15, -0.1) is 0 Å². The summed E-state index contributed by atoms with van der Waals surface area (Å²) in [7, 11) is 0. The van der Waals surface area contributed by atoms with Crippen molar-refractivity contribution in [1.29, 1.82) is 0 Å². The van der Waals surface area contributed by atoms with Gasteiger partial charge in [-0.3, -0.25) is 0 Å². The van der Waals surface area contributed by atoms with E-state index in [0.29, 0.717) is 0 Å². The van der Waals surface area contributed by atoms with E-state index in [2.05, 4.69) is 0 Å². The molecule has 0 aliphatic carbocycles. The number of hydrogen-bond acceptors (Lipinski definition) is 0. The van der Waals surface area contributed by atoms with Crippen LogP contribution in [0.15, 0.2) is 0 Å². The third-order valence-corrected chi connectivity index (χ3v) is 0. The van der Waals surface area contributed by atoms with Crippen LogP contribution < -0.4 is 0 Å². The summed E-state index contributed by atoms with van der Waals surface area (Å²) in [5.41, 5.74) is 0. The fraction of sp³-hybridized carbons (Fsp3) is 0. The first-order valence-electron chi connectivity index (χ1n) is 0. The van der Waals surface area contributed by atoms with Crippen LogP contribution in [0.5, 0.6) is 0 Å². The third-order valence-electron chi connectivity index (χ3n) is 0. The van der Waals surface area contributed by atoms with E-state index in [1.54, 1.807) is 0 Å². The van der Waals surface area contributed by atoms with Crippen LogP contribution in [-0.4, -0.2) is 28.3 Å². The average Bonchev–Trinajstić information content (AvgIpc) is 0.